The second-order valence-electron chi connectivity index (χ2n) is 5.26. The molecule has 0 saturated heterocycles. The van der Waals surface area contributed by atoms with E-state index in [4.69, 9.17) is 0 Å². The van der Waals surface area contributed by atoms with Crippen molar-refractivity contribution in [2.75, 3.05) is 0 Å². The molecule has 1 fully saturated rings. The van der Waals surface area contributed by atoms with Gasteiger partial charge in [0, 0.05) is 12.6 Å². The lowest BCUT2D eigenvalue weighted by atomic mass is 10.0. The standard InChI is InChI=1S/C16H25N/c1-2-4-9-13-16(12-8-3-1)17-14-15-10-6-5-7-11-15/h5-7,10-11,16-17H,1-4,8-9,12-14H2. The Morgan fingerprint density at radius 3 is 2.06 bits per heavy atom. The van der Waals surface area contributed by atoms with Crippen molar-refractivity contribution >= 4 is 0 Å². The molecule has 0 aliphatic heterocycles. The summed E-state index contributed by atoms with van der Waals surface area (Å²) in [7, 11) is 0. The summed E-state index contributed by atoms with van der Waals surface area (Å²) in [5.41, 5.74) is 1.41. The van der Waals surface area contributed by atoms with Crippen molar-refractivity contribution in [3.63, 3.8) is 0 Å². The molecule has 1 nitrogen and oxygen atoms in total. The highest BCUT2D eigenvalue weighted by Crippen LogP contribution is 2.17. The Hall–Kier alpha value is -0.820. The van der Waals surface area contributed by atoms with Gasteiger partial charge < -0.3 is 5.32 Å². The Bertz CT molecular complexity index is 284. The van der Waals surface area contributed by atoms with Crippen LogP contribution in [0.1, 0.15) is 56.9 Å². The predicted molar refractivity (Wildman–Crippen MR) is 74.0 cm³/mol. The molecule has 2 rings (SSSR count). The van der Waals surface area contributed by atoms with Gasteiger partial charge in [-0.2, -0.15) is 0 Å². The summed E-state index contributed by atoms with van der Waals surface area (Å²) >= 11 is 0. The van der Waals surface area contributed by atoms with Crippen LogP contribution in [0.4, 0.5) is 0 Å². The van der Waals surface area contributed by atoms with Crippen molar-refractivity contribution in [2.45, 2.75) is 64.0 Å². The molecular weight excluding hydrogens is 206 g/mol. The van der Waals surface area contributed by atoms with Crippen molar-refractivity contribution in [1.29, 1.82) is 0 Å². The topological polar surface area (TPSA) is 12.0 Å². The molecular formula is C16H25N. The van der Waals surface area contributed by atoms with Gasteiger partial charge in [-0.3, -0.25) is 0 Å². The van der Waals surface area contributed by atoms with Gasteiger partial charge >= 0.3 is 0 Å². The highest BCUT2D eigenvalue weighted by molar-refractivity contribution is 5.14. The fourth-order valence-electron chi connectivity index (χ4n) is 2.70. The van der Waals surface area contributed by atoms with E-state index < -0.39 is 0 Å². The lowest BCUT2D eigenvalue weighted by molar-refractivity contribution is 0.432. The van der Waals surface area contributed by atoms with Crippen LogP contribution in [0.25, 0.3) is 0 Å². The molecule has 0 heterocycles. The van der Waals surface area contributed by atoms with E-state index in [0.29, 0.717) is 0 Å². The minimum atomic E-state index is 0.744. The molecule has 0 spiro atoms. The summed E-state index contributed by atoms with van der Waals surface area (Å²) in [6.07, 6.45) is 11.3. The first-order valence-corrected chi connectivity index (χ1v) is 7.22. The molecule has 17 heavy (non-hydrogen) atoms. The highest BCUT2D eigenvalue weighted by Gasteiger charge is 2.09. The second-order valence-corrected chi connectivity index (χ2v) is 5.26. The summed E-state index contributed by atoms with van der Waals surface area (Å²) in [6.45, 7) is 1.03. The zero-order valence-corrected chi connectivity index (χ0v) is 10.8. The lowest BCUT2D eigenvalue weighted by Crippen LogP contribution is -2.28. The maximum atomic E-state index is 3.73. The normalized spacial score (nSPS) is 19.3. The number of hydrogen-bond acceptors (Lipinski definition) is 1. The van der Waals surface area contributed by atoms with Crippen LogP contribution < -0.4 is 5.32 Å². The minimum Gasteiger partial charge on any atom is -0.310 e. The van der Waals surface area contributed by atoms with Gasteiger partial charge in [-0.1, -0.05) is 68.9 Å². The molecule has 1 aromatic rings. The number of nitrogens with one attached hydrogen (secondary N) is 1. The third-order valence-electron chi connectivity index (χ3n) is 3.79. The fraction of sp³-hybridized carbons (Fsp3) is 0.625. The van der Waals surface area contributed by atoms with Crippen molar-refractivity contribution in [2.24, 2.45) is 0 Å². The number of benzene rings is 1. The van der Waals surface area contributed by atoms with Crippen LogP contribution in [-0.4, -0.2) is 6.04 Å². The SMILES string of the molecule is c1ccc(CNC2CCCCCCCC2)cc1. The van der Waals surface area contributed by atoms with E-state index in [1.54, 1.807) is 0 Å². The van der Waals surface area contributed by atoms with Gasteiger partial charge in [0.05, 0.1) is 0 Å². The Morgan fingerprint density at radius 2 is 1.41 bits per heavy atom. The first kappa shape index (κ1) is 12.6. The van der Waals surface area contributed by atoms with Crippen LogP contribution in [0, 0.1) is 0 Å². The lowest BCUT2D eigenvalue weighted by Gasteiger charge is -2.17. The predicted octanol–water partition coefficient (Wildman–Crippen LogP) is 4.28. The smallest absolute Gasteiger partial charge is 0.0208 e. The minimum absolute atomic E-state index is 0.744. The summed E-state index contributed by atoms with van der Waals surface area (Å²) in [4.78, 5) is 0. The Morgan fingerprint density at radius 1 is 0.824 bits per heavy atom. The summed E-state index contributed by atoms with van der Waals surface area (Å²) in [5, 5.41) is 3.73. The van der Waals surface area contributed by atoms with Crippen LogP contribution in [-0.2, 0) is 6.54 Å². The number of hydrogen-bond donors (Lipinski definition) is 1. The first-order valence-electron chi connectivity index (χ1n) is 7.22. The molecule has 1 aromatic carbocycles. The molecule has 0 atom stereocenters. The van der Waals surface area contributed by atoms with Crippen LogP contribution >= 0.6 is 0 Å². The molecule has 0 unspecified atom stereocenters. The molecule has 0 amide bonds. The zero-order chi connectivity index (χ0) is 11.8. The van der Waals surface area contributed by atoms with Crippen molar-refractivity contribution < 1.29 is 0 Å². The van der Waals surface area contributed by atoms with E-state index in [2.05, 4.69) is 35.6 Å². The first-order chi connectivity index (χ1) is 8.45. The van der Waals surface area contributed by atoms with Gasteiger partial charge in [-0.15, -0.1) is 0 Å². The molecule has 1 saturated carbocycles. The Balaban J connectivity index is 1.76. The zero-order valence-electron chi connectivity index (χ0n) is 10.8. The van der Waals surface area contributed by atoms with E-state index in [0.717, 1.165) is 12.6 Å². The molecule has 1 N–H and O–H groups in total. The van der Waals surface area contributed by atoms with E-state index in [9.17, 15) is 0 Å². The van der Waals surface area contributed by atoms with Gasteiger partial charge in [0.25, 0.3) is 0 Å². The van der Waals surface area contributed by atoms with Crippen LogP contribution in [0.15, 0.2) is 30.3 Å². The van der Waals surface area contributed by atoms with Crippen LogP contribution in [0.3, 0.4) is 0 Å². The highest BCUT2D eigenvalue weighted by atomic mass is 14.9. The molecule has 0 radical (unpaired) electrons. The van der Waals surface area contributed by atoms with Gasteiger partial charge in [-0.05, 0) is 18.4 Å². The van der Waals surface area contributed by atoms with Crippen LogP contribution in [0.5, 0.6) is 0 Å². The fourth-order valence-corrected chi connectivity index (χ4v) is 2.70. The average Bonchev–Trinajstić information content (AvgIpc) is 2.51. The Kier molecular flexibility index (Phi) is 5.57. The summed E-state index contributed by atoms with van der Waals surface area (Å²) in [5.74, 6) is 0. The summed E-state index contributed by atoms with van der Waals surface area (Å²) in [6, 6.07) is 11.5. The maximum absolute atomic E-state index is 3.73. The molecule has 1 heteroatoms. The quantitative estimate of drug-likeness (QED) is 0.818. The van der Waals surface area contributed by atoms with E-state index in [-0.39, 0.29) is 0 Å². The Labute approximate surface area is 106 Å². The molecule has 1 aliphatic rings. The molecule has 1 aliphatic carbocycles. The molecule has 0 bridgehead atoms. The van der Waals surface area contributed by atoms with Crippen molar-refractivity contribution in [3.8, 4) is 0 Å². The number of rotatable bonds is 3. The second kappa shape index (κ2) is 7.50. The third kappa shape index (κ3) is 4.91. The van der Waals surface area contributed by atoms with E-state index in [1.165, 1.54) is 56.9 Å². The van der Waals surface area contributed by atoms with Gasteiger partial charge in [0.2, 0.25) is 0 Å². The van der Waals surface area contributed by atoms with Gasteiger partial charge in [-0.25, -0.2) is 0 Å². The van der Waals surface area contributed by atoms with E-state index >= 15 is 0 Å². The van der Waals surface area contributed by atoms with E-state index in [1.807, 2.05) is 0 Å². The van der Waals surface area contributed by atoms with Gasteiger partial charge in [0.1, 0.15) is 0 Å². The van der Waals surface area contributed by atoms with Gasteiger partial charge in [0.15, 0.2) is 0 Å². The van der Waals surface area contributed by atoms with Crippen molar-refractivity contribution in [3.05, 3.63) is 35.9 Å². The average molecular weight is 231 g/mol. The monoisotopic (exact) mass is 231 g/mol. The maximum Gasteiger partial charge on any atom is 0.0208 e. The van der Waals surface area contributed by atoms with Crippen LogP contribution in [0.2, 0.25) is 0 Å². The van der Waals surface area contributed by atoms with Crippen molar-refractivity contribution in [1.82, 2.24) is 5.32 Å². The summed E-state index contributed by atoms with van der Waals surface area (Å²) < 4.78 is 0. The molecule has 94 valence electrons. The third-order valence-corrected chi connectivity index (χ3v) is 3.79. The molecule has 0 aromatic heterocycles. The largest absolute Gasteiger partial charge is 0.310 e.